The van der Waals surface area contributed by atoms with Crippen LogP contribution >= 0.6 is 39.3 Å². The van der Waals surface area contributed by atoms with Crippen LogP contribution in [0.1, 0.15) is 11.5 Å². The summed E-state index contributed by atoms with van der Waals surface area (Å²) >= 11 is 10.7. The molecule has 3 aromatic rings. The van der Waals surface area contributed by atoms with Crippen molar-refractivity contribution in [2.45, 2.75) is 18.4 Å². The molecule has 5 nitrogen and oxygen atoms in total. The molecule has 0 aliphatic heterocycles. The molecule has 0 bridgehead atoms. The Bertz CT molecular complexity index is 915. The van der Waals surface area contributed by atoms with Gasteiger partial charge in [-0.1, -0.05) is 27.5 Å². The Balaban J connectivity index is 1.51. The topological polar surface area (TPSA) is 65.2 Å². The molecule has 0 atom stereocenters. The van der Waals surface area contributed by atoms with Gasteiger partial charge >= 0.3 is 5.97 Å². The van der Waals surface area contributed by atoms with Crippen LogP contribution in [-0.2, 0) is 16.1 Å². The maximum atomic E-state index is 11.9. The monoisotopic (exact) mass is 452 g/mol. The summed E-state index contributed by atoms with van der Waals surface area (Å²) in [6.45, 7) is 1.94. The Hall–Kier alpha value is -1.83. The first-order valence-corrected chi connectivity index (χ1v) is 9.80. The van der Waals surface area contributed by atoms with Crippen molar-refractivity contribution in [1.82, 2.24) is 10.2 Å². The van der Waals surface area contributed by atoms with Crippen molar-refractivity contribution in [3.05, 3.63) is 63.4 Å². The van der Waals surface area contributed by atoms with Gasteiger partial charge in [0.05, 0.1) is 5.75 Å². The third-order valence-electron chi connectivity index (χ3n) is 3.40. The number of ether oxygens (including phenoxy) is 1. The molecule has 8 heteroatoms. The van der Waals surface area contributed by atoms with Crippen molar-refractivity contribution in [2.75, 3.05) is 5.75 Å². The summed E-state index contributed by atoms with van der Waals surface area (Å²) in [6, 6.07) is 12.9. The number of esters is 1. The van der Waals surface area contributed by atoms with Crippen LogP contribution in [0.2, 0.25) is 5.02 Å². The Labute approximate surface area is 168 Å². The third kappa shape index (κ3) is 5.09. The Morgan fingerprint density at radius 2 is 2.00 bits per heavy atom. The van der Waals surface area contributed by atoms with Crippen molar-refractivity contribution in [1.29, 1.82) is 0 Å². The molecule has 0 aliphatic rings. The van der Waals surface area contributed by atoms with Crippen molar-refractivity contribution >= 4 is 45.3 Å². The van der Waals surface area contributed by atoms with E-state index in [0.29, 0.717) is 10.9 Å². The van der Waals surface area contributed by atoms with Crippen LogP contribution in [0.3, 0.4) is 0 Å². The number of aryl methyl sites for hydroxylation is 1. The smallest absolute Gasteiger partial charge is 0.316 e. The number of benzene rings is 2. The van der Waals surface area contributed by atoms with Gasteiger partial charge in [-0.3, -0.25) is 4.79 Å². The molecule has 2 aromatic carbocycles. The molecule has 0 saturated carbocycles. The summed E-state index contributed by atoms with van der Waals surface area (Å²) in [5, 5.41) is 8.46. The second-order valence-corrected chi connectivity index (χ2v) is 7.74. The normalized spacial score (nSPS) is 10.7. The van der Waals surface area contributed by atoms with Crippen LogP contribution < -0.4 is 0 Å². The molecule has 26 heavy (non-hydrogen) atoms. The average molecular weight is 454 g/mol. The average Bonchev–Trinajstić information content (AvgIpc) is 3.09. The molecular formula is C18H14BrClN2O3S. The third-order valence-corrected chi connectivity index (χ3v) is 5.29. The first-order valence-electron chi connectivity index (χ1n) is 7.64. The van der Waals surface area contributed by atoms with E-state index in [1.54, 1.807) is 24.3 Å². The SMILES string of the molecule is Cc1cc(Br)ccc1SCC(=O)OCc1nnc(-c2ccc(Cl)cc2)o1. The number of carbonyl (C=O) groups is 1. The van der Waals surface area contributed by atoms with Crippen LogP contribution in [0.4, 0.5) is 0 Å². The molecule has 0 aliphatic carbocycles. The van der Waals surface area contributed by atoms with Gasteiger partial charge in [0.2, 0.25) is 5.89 Å². The van der Waals surface area contributed by atoms with Gasteiger partial charge in [0.25, 0.3) is 5.89 Å². The quantitative estimate of drug-likeness (QED) is 0.373. The molecule has 0 fully saturated rings. The fourth-order valence-electron chi connectivity index (χ4n) is 2.12. The highest BCUT2D eigenvalue weighted by Gasteiger charge is 2.12. The summed E-state index contributed by atoms with van der Waals surface area (Å²) in [5.41, 5.74) is 1.85. The minimum Gasteiger partial charge on any atom is -0.455 e. The molecule has 0 unspecified atom stereocenters. The van der Waals surface area contributed by atoms with Gasteiger partial charge in [-0.2, -0.15) is 0 Å². The second kappa shape index (κ2) is 8.70. The standard InChI is InChI=1S/C18H14BrClN2O3S/c1-11-8-13(19)4-7-15(11)26-10-17(23)24-9-16-21-22-18(25-16)12-2-5-14(20)6-3-12/h2-8H,9-10H2,1H3. The highest BCUT2D eigenvalue weighted by molar-refractivity contribution is 9.10. The van der Waals surface area contributed by atoms with E-state index in [4.69, 9.17) is 20.8 Å². The van der Waals surface area contributed by atoms with Crippen LogP contribution in [-0.4, -0.2) is 21.9 Å². The maximum absolute atomic E-state index is 11.9. The minimum atomic E-state index is -0.344. The Morgan fingerprint density at radius 1 is 1.23 bits per heavy atom. The number of hydrogen-bond donors (Lipinski definition) is 0. The lowest BCUT2D eigenvalue weighted by Gasteiger charge is -2.06. The van der Waals surface area contributed by atoms with E-state index in [1.165, 1.54) is 11.8 Å². The molecule has 134 valence electrons. The molecule has 0 saturated heterocycles. The van der Waals surface area contributed by atoms with E-state index >= 15 is 0 Å². The number of nitrogens with zero attached hydrogens (tertiary/aromatic N) is 2. The maximum Gasteiger partial charge on any atom is 0.316 e. The lowest BCUT2D eigenvalue weighted by molar-refractivity contribution is -0.142. The zero-order chi connectivity index (χ0) is 18.5. The molecule has 1 aromatic heterocycles. The largest absolute Gasteiger partial charge is 0.455 e. The summed E-state index contributed by atoms with van der Waals surface area (Å²) in [4.78, 5) is 13.0. The number of aromatic nitrogens is 2. The van der Waals surface area contributed by atoms with E-state index in [9.17, 15) is 4.79 Å². The summed E-state index contributed by atoms with van der Waals surface area (Å²) in [5.74, 6) is 0.463. The molecule has 0 amide bonds. The fourth-order valence-corrected chi connectivity index (χ4v) is 3.53. The van der Waals surface area contributed by atoms with Crippen molar-refractivity contribution < 1.29 is 13.9 Å². The fraction of sp³-hybridized carbons (Fsp3) is 0.167. The van der Waals surface area contributed by atoms with Gasteiger partial charge in [0.1, 0.15) is 0 Å². The number of carbonyl (C=O) groups excluding carboxylic acids is 1. The first kappa shape index (κ1) is 18.9. The summed E-state index contributed by atoms with van der Waals surface area (Å²) < 4.78 is 11.7. The zero-order valence-corrected chi connectivity index (χ0v) is 16.9. The van der Waals surface area contributed by atoms with Crippen LogP contribution in [0, 0.1) is 6.92 Å². The number of rotatable bonds is 6. The van der Waals surface area contributed by atoms with Crippen molar-refractivity contribution in [3.8, 4) is 11.5 Å². The summed E-state index contributed by atoms with van der Waals surface area (Å²) in [6.07, 6.45) is 0. The molecule has 0 spiro atoms. The van der Waals surface area contributed by atoms with Crippen LogP contribution in [0.5, 0.6) is 0 Å². The van der Waals surface area contributed by atoms with Crippen molar-refractivity contribution in [3.63, 3.8) is 0 Å². The molecule has 3 rings (SSSR count). The first-order chi connectivity index (χ1) is 12.5. The highest BCUT2D eigenvalue weighted by Crippen LogP contribution is 2.25. The molecular weight excluding hydrogens is 440 g/mol. The van der Waals surface area contributed by atoms with Gasteiger partial charge in [-0.15, -0.1) is 22.0 Å². The lowest BCUT2D eigenvalue weighted by Crippen LogP contribution is -2.07. The number of halogens is 2. The van der Waals surface area contributed by atoms with Gasteiger partial charge in [0, 0.05) is 20.0 Å². The summed E-state index contributed by atoms with van der Waals surface area (Å²) in [7, 11) is 0. The van der Waals surface area contributed by atoms with Gasteiger partial charge in [-0.05, 0) is 55.0 Å². The molecule has 0 N–H and O–H groups in total. The predicted octanol–water partition coefficient (Wildman–Crippen LogP) is 5.30. The van der Waals surface area contributed by atoms with Gasteiger partial charge in [-0.25, -0.2) is 0 Å². The van der Waals surface area contributed by atoms with E-state index in [2.05, 4.69) is 26.1 Å². The molecule has 0 radical (unpaired) electrons. The van der Waals surface area contributed by atoms with Crippen LogP contribution in [0.25, 0.3) is 11.5 Å². The molecule has 1 heterocycles. The Kier molecular flexibility index (Phi) is 6.34. The highest BCUT2D eigenvalue weighted by atomic mass is 79.9. The second-order valence-electron chi connectivity index (χ2n) is 5.37. The van der Waals surface area contributed by atoms with E-state index in [-0.39, 0.29) is 24.2 Å². The number of thioether (sulfide) groups is 1. The van der Waals surface area contributed by atoms with Gasteiger partial charge in [0.15, 0.2) is 6.61 Å². The minimum absolute atomic E-state index is 0.0562. The Morgan fingerprint density at radius 3 is 2.73 bits per heavy atom. The van der Waals surface area contributed by atoms with Crippen LogP contribution in [0.15, 0.2) is 56.2 Å². The zero-order valence-electron chi connectivity index (χ0n) is 13.7. The number of hydrogen-bond acceptors (Lipinski definition) is 6. The van der Waals surface area contributed by atoms with Gasteiger partial charge < -0.3 is 9.15 Å². The van der Waals surface area contributed by atoms with Crippen molar-refractivity contribution in [2.24, 2.45) is 0 Å². The van der Waals surface area contributed by atoms with E-state index in [0.717, 1.165) is 20.5 Å². The van der Waals surface area contributed by atoms with E-state index in [1.807, 2.05) is 25.1 Å². The lowest BCUT2D eigenvalue weighted by atomic mass is 10.2. The predicted molar refractivity (Wildman–Crippen MR) is 104 cm³/mol. The van der Waals surface area contributed by atoms with E-state index < -0.39 is 0 Å².